The Bertz CT molecular complexity index is 1300. The summed E-state index contributed by atoms with van der Waals surface area (Å²) in [6.07, 6.45) is 3.68. The Labute approximate surface area is 186 Å². The van der Waals surface area contributed by atoms with Crippen LogP contribution in [-0.4, -0.2) is 38.4 Å². The number of halogens is 1. The summed E-state index contributed by atoms with van der Waals surface area (Å²) in [5, 5.41) is 0. The summed E-state index contributed by atoms with van der Waals surface area (Å²) in [5.41, 5.74) is 6.41. The molecule has 0 spiro atoms. The number of aryl methyl sites for hydroxylation is 2. The minimum Gasteiger partial charge on any atom is -0.338 e. The molecule has 2 aromatic carbocycles. The highest BCUT2D eigenvalue weighted by atomic mass is 19.1. The van der Waals surface area contributed by atoms with E-state index in [1.807, 2.05) is 47.7 Å². The maximum atomic E-state index is 13.3. The molecule has 0 aliphatic carbocycles. The lowest BCUT2D eigenvalue weighted by Gasteiger charge is -2.33. The van der Waals surface area contributed by atoms with Crippen molar-refractivity contribution in [3.05, 3.63) is 83.7 Å². The van der Waals surface area contributed by atoms with Crippen LogP contribution in [-0.2, 0) is 7.05 Å². The molecular weight excluding hydrogens is 403 g/mol. The number of amides is 1. The molecule has 0 unspecified atom stereocenters. The number of piperidine rings is 1. The molecule has 1 atom stereocenters. The Hall–Kier alpha value is -3.54. The van der Waals surface area contributed by atoms with Crippen LogP contribution in [0.4, 0.5) is 4.39 Å². The van der Waals surface area contributed by atoms with Gasteiger partial charge in [0.2, 0.25) is 0 Å². The maximum Gasteiger partial charge on any atom is 0.253 e. The van der Waals surface area contributed by atoms with E-state index in [-0.39, 0.29) is 17.6 Å². The third-order valence-electron chi connectivity index (χ3n) is 6.25. The molecule has 0 N–H and O–H groups in total. The summed E-state index contributed by atoms with van der Waals surface area (Å²) in [5.74, 6) is -0.0379. The van der Waals surface area contributed by atoms with Gasteiger partial charge in [0, 0.05) is 43.0 Å². The average molecular weight is 429 g/mol. The van der Waals surface area contributed by atoms with Gasteiger partial charge in [-0.2, -0.15) is 0 Å². The number of fused-ring (bicyclic) bond motifs is 1. The molecule has 1 aliphatic heterocycles. The van der Waals surface area contributed by atoms with Crippen LogP contribution in [0.25, 0.3) is 22.2 Å². The van der Waals surface area contributed by atoms with Gasteiger partial charge in [0.1, 0.15) is 5.82 Å². The van der Waals surface area contributed by atoms with Gasteiger partial charge >= 0.3 is 0 Å². The normalized spacial score (nSPS) is 16.5. The van der Waals surface area contributed by atoms with E-state index in [0.717, 1.165) is 52.9 Å². The van der Waals surface area contributed by atoms with Gasteiger partial charge in [-0.15, -0.1) is 0 Å². The van der Waals surface area contributed by atoms with Crippen LogP contribution in [0.1, 0.15) is 40.5 Å². The number of rotatable bonds is 3. The molecule has 1 amide bonds. The van der Waals surface area contributed by atoms with Crippen LogP contribution in [0.3, 0.4) is 0 Å². The number of hydrogen-bond acceptors (Lipinski definition) is 3. The van der Waals surface area contributed by atoms with E-state index in [0.29, 0.717) is 12.1 Å². The van der Waals surface area contributed by atoms with Gasteiger partial charge in [0.25, 0.3) is 5.91 Å². The molecule has 4 aromatic rings. The number of carbonyl (C=O) groups excluding carboxylic acids is 1. The van der Waals surface area contributed by atoms with Crippen molar-refractivity contribution in [2.45, 2.75) is 25.7 Å². The van der Waals surface area contributed by atoms with Crippen LogP contribution >= 0.6 is 0 Å². The van der Waals surface area contributed by atoms with E-state index in [1.165, 1.54) is 12.1 Å². The number of likely N-dealkylation sites (tertiary alicyclic amines) is 1. The first-order valence-electron chi connectivity index (χ1n) is 10.9. The second-order valence-electron chi connectivity index (χ2n) is 8.58. The van der Waals surface area contributed by atoms with Gasteiger partial charge in [-0.05, 0) is 73.4 Å². The molecular formula is C26H25FN4O. The number of benzene rings is 2. The average Bonchev–Trinajstić information content (AvgIpc) is 3.19. The predicted octanol–water partition coefficient (Wildman–Crippen LogP) is 5.10. The lowest BCUT2D eigenvalue weighted by Crippen LogP contribution is -2.39. The van der Waals surface area contributed by atoms with E-state index in [1.54, 1.807) is 18.5 Å². The first kappa shape index (κ1) is 20.4. The van der Waals surface area contributed by atoms with Crippen LogP contribution in [0.5, 0.6) is 0 Å². The number of aromatic nitrogens is 3. The zero-order valence-electron chi connectivity index (χ0n) is 18.3. The summed E-state index contributed by atoms with van der Waals surface area (Å²) in [7, 11) is 1.95. The van der Waals surface area contributed by atoms with Gasteiger partial charge in [-0.1, -0.05) is 12.1 Å². The summed E-state index contributed by atoms with van der Waals surface area (Å²) in [6, 6.07) is 16.3. The summed E-state index contributed by atoms with van der Waals surface area (Å²) < 4.78 is 15.3. The van der Waals surface area contributed by atoms with Gasteiger partial charge < -0.3 is 9.47 Å². The van der Waals surface area contributed by atoms with Crippen molar-refractivity contribution >= 4 is 16.9 Å². The lowest BCUT2D eigenvalue weighted by atomic mass is 9.91. The molecule has 1 fully saturated rings. The summed E-state index contributed by atoms with van der Waals surface area (Å²) in [6.45, 7) is 3.36. The van der Waals surface area contributed by atoms with Crippen LogP contribution < -0.4 is 0 Å². The van der Waals surface area contributed by atoms with Gasteiger partial charge in [-0.3, -0.25) is 9.78 Å². The third kappa shape index (κ3) is 3.88. The SMILES string of the molecule is Cc1cc(-c2ccc(F)cc2)cc([C@H]2CCCN(C(=O)c3ccc4c(c3)ncn4C)C2)n1. The number of nitrogens with zero attached hydrogens (tertiary/aromatic N) is 4. The second-order valence-corrected chi connectivity index (χ2v) is 8.58. The summed E-state index contributed by atoms with van der Waals surface area (Å²) in [4.78, 5) is 24.3. The van der Waals surface area contributed by atoms with Crippen molar-refractivity contribution < 1.29 is 9.18 Å². The van der Waals surface area contributed by atoms with E-state index in [4.69, 9.17) is 4.98 Å². The summed E-state index contributed by atoms with van der Waals surface area (Å²) >= 11 is 0. The standard InChI is InChI=1S/C26H25FN4O/c1-17-12-21(18-5-8-22(27)9-6-18)14-23(29-17)20-4-3-11-31(15-20)26(32)19-7-10-25-24(13-19)28-16-30(25)2/h5-10,12-14,16,20H,3-4,11,15H2,1-2H3/t20-/m0/s1. The number of carbonyl (C=O) groups is 1. The smallest absolute Gasteiger partial charge is 0.253 e. The van der Waals surface area contributed by atoms with Gasteiger partial charge in [0.15, 0.2) is 0 Å². The van der Waals surface area contributed by atoms with Crippen molar-refractivity contribution in [2.75, 3.05) is 13.1 Å². The molecule has 0 bridgehead atoms. The van der Waals surface area contributed by atoms with E-state index in [9.17, 15) is 9.18 Å². The molecule has 2 aromatic heterocycles. The Morgan fingerprint density at radius 2 is 1.88 bits per heavy atom. The zero-order valence-corrected chi connectivity index (χ0v) is 18.3. The van der Waals surface area contributed by atoms with Gasteiger partial charge in [-0.25, -0.2) is 9.37 Å². The molecule has 1 saturated heterocycles. The molecule has 6 heteroatoms. The van der Waals surface area contributed by atoms with E-state index < -0.39 is 0 Å². The molecule has 32 heavy (non-hydrogen) atoms. The Kier molecular flexibility index (Phi) is 5.21. The predicted molar refractivity (Wildman–Crippen MR) is 123 cm³/mol. The molecule has 5 rings (SSSR count). The Balaban J connectivity index is 1.39. The van der Waals surface area contributed by atoms with E-state index in [2.05, 4.69) is 11.1 Å². The third-order valence-corrected chi connectivity index (χ3v) is 6.25. The Morgan fingerprint density at radius 3 is 2.69 bits per heavy atom. The lowest BCUT2D eigenvalue weighted by molar-refractivity contribution is 0.0706. The first-order valence-corrected chi connectivity index (χ1v) is 10.9. The van der Waals surface area contributed by atoms with Crippen molar-refractivity contribution in [1.29, 1.82) is 0 Å². The minimum atomic E-state index is -0.245. The highest BCUT2D eigenvalue weighted by molar-refractivity contribution is 5.97. The minimum absolute atomic E-state index is 0.0358. The second kappa shape index (κ2) is 8.19. The van der Waals surface area contributed by atoms with Crippen LogP contribution in [0.2, 0.25) is 0 Å². The highest BCUT2D eigenvalue weighted by Crippen LogP contribution is 2.30. The number of hydrogen-bond donors (Lipinski definition) is 0. The largest absolute Gasteiger partial charge is 0.338 e. The van der Waals surface area contributed by atoms with Crippen molar-refractivity contribution in [2.24, 2.45) is 7.05 Å². The van der Waals surface area contributed by atoms with Crippen LogP contribution in [0, 0.1) is 12.7 Å². The molecule has 3 heterocycles. The monoisotopic (exact) mass is 428 g/mol. The van der Waals surface area contributed by atoms with Crippen LogP contribution in [0.15, 0.2) is 60.9 Å². The Morgan fingerprint density at radius 1 is 1.06 bits per heavy atom. The number of imidazole rings is 1. The maximum absolute atomic E-state index is 13.3. The molecule has 5 nitrogen and oxygen atoms in total. The molecule has 1 aliphatic rings. The fourth-order valence-electron chi connectivity index (χ4n) is 4.57. The van der Waals surface area contributed by atoms with Crippen molar-refractivity contribution in [1.82, 2.24) is 19.4 Å². The molecule has 0 saturated carbocycles. The number of pyridine rings is 1. The molecule has 162 valence electrons. The first-order chi connectivity index (χ1) is 15.5. The van der Waals surface area contributed by atoms with Gasteiger partial charge in [0.05, 0.1) is 17.4 Å². The fraction of sp³-hybridized carbons (Fsp3) is 0.269. The van der Waals surface area contributed by atoms with Crippen molar-refractivity contribution in [3.63, 3.8) is 0 Å². The quantitative estimate of drug-likeness (QED) is 0.456. The van der Waals surface area contributed by atoms with E-state index >= 15 is 0 Å². The molecule has 0 radical (unpaired) electrons. The zero-order chi connectivity index (χ0) is 22.2. The highest BCUT2D eigenvalue weighted by Gasteiger charge is 2.27. The van der Waals surface area contributed by atoms with Crippen molar-refractivity contribution in [3.8, 4) is 11.1 Å². The fourth-order valence-corrected chi connectivity index (χ4v) is 4.57. The topological polar surface area (TPSA) is 51.0 Å².